The predicted molar refractivity (Wildman–Crippen MR) is 25.9 cm³/mol. The summed E-state index contributed by atoms with van der Waals surface area (Å²) in [5.74, 6) is -9.52. The van der Waals surface area contributed by atoms with E-state index in [1.165, 1.54) is 0 Å². The lowest BCUT2D eigenvalue weighted by Crippen LogP contribution is -2.40. The van der Waals surface area contributed by atoms with Crippen molar-refractivity contribution >= 4 is 0 Å². The summed E-state index contributed by atoms with van der Waals surface area (Å²) in [6.45, 7) is -3.04. The Balaban J connectivity index is 4.26. The summed E-state index contributed by atoms with van der Waals surface area (Å²) in [5.41, 5.74) is 0. The van der Waals surface area contributed by atoms with Crippen molar-refractivity contribution in [2.24, 2.45) is 0 Å². The Kier molecular flexibility index (Phi) is 3.19. The standard InChI is InChI=1S/C5H5F6/c6-2-1-4(8,9)5(10,11)3-7/h3H,1-2H2. The monoisotopic (exact) mass is 179 g/mol. The minimum absolute atomic E-state index is 1.43. The lowest BCUT2D eigenvalue weighted by Gasteiger charge is -2.21. The highest BCUT2D eigenvalue weighted by Crippen LogP contribution is 2.39. The summed E-state index contributed by atoms with van der Waals surface area (Å²) in [7, 11) is 0. The minimum Gasteiger partial charge on any atom is -0.251 e. The molecule has 0 aliphatic rings. The van der Waals surface area contributed by atoms with Crippen LogP contribution in [-0.4, -0.2) is 18.5 Å². The molecule has 6 heteroatoms. The molecular weight excluding hydrogens is 174 g/mol. The Bertz CT molecular complexity index is 120. The molecule has 0 bridgehead atoms. The smallest absolute Gasteiger partial charge is 0.251 e. The van der Waals surface area contributed by atoms with Crippen LogP contribution in [0, 0.1) is 6.67 Å². The molecule has 0 atom stereocenters. The fourth-order valence-electron chi connectivity index (χ4n) is 0.365. The highest BCUT2D eigenvalue weighted by Gasteiger charge is 2.56. The van der Waals surface area contributed by atoms with Crippen LogP contribution >= 0.6 is 0 Å². The summed E-state index contributed by atoms with van der Waals surface area (Å²) in [5, 5.41) is 0. The molecule has 0 nitrogen and oxygen atoms in total. The second kappa shape index (κ2) is 3.32. The molecule has 0 unspecified atom stereocenters. The zero-order chi connectivity index (χ0) is 9.12. The summed E-state index contributed by atoms with van der Waals surface area (Å²) in [6, 6.07) is 0. The molecule has 0 aromatic rings. The van der Waals surface area contributed by atoms with Gasteiger partial charge in [-0.1, -0.05) is 0 Å². The van der Waals surface area contributed by atoms with Gasteiger partial charge in [-0.3, -0.25) is 4.39 Å². The highest BCUT2D eigenvalue weighted by atomic mass is 19.3. The fourth-order valence-corrected chi connectivity index (χ4v) is 0.365. The van der Waals surface area contributed by atoms with Gasteiger partial charge in [0.05, 0.1) is 6.67 Å². The zero-order valence-corrected chi connectivity index (χ0v) is 5.26. The SMILES string of the molecule is F[CH]C(F)(F)C(F)(F)CCF. The fraction of sp³-hybridized carbons (Fsp3) is 0.800. The largest absolute Gasteiger partial charge is 0.343 e. The summed E-state index contributed by atoms with van der Waals surface area (Å²) >= 11 is 0. The minimum atomic E-state index is -4.88. The number of alkyl halides is 5. The van der Waals surface area contributed by atoms with E-state index in [1.807, 2.05) is 0 Å². The normalized spacial score (nSPS) is 13.6. The van der Waals surface area contributed by atoms with Crippen LogP contribution in [0.5, 0.6) is 0 Å². The van der Waals surface area contributed by atoms with Gasteiger partial charge < -0.3 is 0 Å². The van der Waals surface area contributed by atoms with Crippen LogP contribution in [0.2, 0.25) is 0 Å². The number of hydrogen-bond acceptors (Lipinski definition) is 0. The molecule has 0 saturated heterocycles. The third-order valence-electron chi connectivity index (χ3n) is 1.03. The Morgan fingerprint density at radius 1 is 1.09 bits per heavy atom. The number of hydrogen-bond donors (Lipinski definition) is 0. The van der Waals surface area contributed by atoms with E-state index in [2.05, 4.69) is 0 Å². The van der Waals surface area contributed by atoms with E-state index in [0.717, 1.165) is 0 Å². The maximum absolute atomic E-state index is 11.9. The van der Waals surface area contributed by atoms with Gasteiger partial charge in [0, 0.05) is 6.42 Å². The molecule has 67 valence electrons. The highest BCUT2D eigenvalue weighted by molar-refractivity contribution is 4.90. The van der Waals surface area contributed by atoms with Crippen LogP contribution in [-0.2, 0) is 0 Å². The molecule has 0 aliphatic carbocycles. The average Bonchev–Trinajstić information content (AvgIpc) is 1.87. The van der Waals surface area contributed by atoms with Crippen molar-refractivity contribution in [3.63, 3.8) is 0 Å². The van der Waals surface area contributed by atoms with Gasteiger partial charge in [-0.25, -0.2) is 4.39 Å². The van der Waals surface area contributed by atoms with E-state index in [1.54, 1.807) is 0 Å². The van der Waals surface area contributed by atoms with E-state index in [0.29, 0.717) is 0 Å². The molecule has 0 saturated carbocycles. The van der Waals surface area contributed by atoms with Crippen LogP contribution in [0.15, 0.2) is 0 Å². The molecule has 0 amide bonds. The topological polar surface area (TPSA) is 0 Å². The van der Waals surface area contributed by atoms with Gasteiger partial charge >= 0.3 is 11.8 Å². The summed E-state index contributed by atoms with van der Waals surface area (Å²) in [4.78, 5) is 0. The van der Waals surface area contributed by atoms with Crippen LogP contribution in [0.3, 0.4) is 0 Å². The first kappa shape index (κ1) is 10.6. The Morgan fingerprint density at radius 3 is 1.82 bits per heavy atom. The molecule has 0 fully saturated rings. The Morgan fingerprint density at radius 2 is 1.55 bits per heavy atom. The molecule has 0 aromatic carbocycles. The number of rotatable bonds is 4. The Hall–Kier alpha value is -0.420. The van der Waals surface area contributed by atoms with E-state index in [-0.39, 0.29) is 0 Å². The van der Waals surface area contributed by atoms with Crippen LogP contribution in [0.1, 0.15) is 6.42 Å². The van der Waals surface area contributed by atoms with Crippen molar-refractivity contribution in [2.75, 3.05) is 6.67 Å². The maximum Gasteiger partial charge on any atom is 0.343 e. The third kappa shape index (κ3) is 2.27. The molecule has 11 heavy (non-hydrogen) atoms. The third-order valence-corrected chi connectivity index (χ3v) is 1.03. The molecule has 0 spiro atoms. The van der Waals surface area contributed by atoms with E-state index < -0.39 is 31.6 Å². The molecule has 0 heterocycles. The molecular formula is C5H5F6. The van der Waals surface area contributed by atoms with Crippen molar-refractivity contribution in [3.05, 3.63) is 6.67 Å². The van der Waals surface area contributed by atoms with Crippen LogP contribution in [0.4, 0.5) is 26.3 Å². The van der Waals surface area contributed by atoms with E-state index in [4.69, 9.17) is 0 Å². The van der Waals surface area contributed by atoms with E-state index in [9.17, 15) is 26.3 Å². The van der Waals surface area contributed by atoms with Gasteiger partial charge in [-0.15, -0.1) is 0 Å². The van der Waals surface area contributed by atoms with Crippen molar-refractivity contribution < 1.29 is 26.3 Å². The van der Waals surface area contributed by atoms with Crippen molar-refractivity contribution in [3.8, 4) is 0 Å². The Labute approximate surface area is 59.2 Å². The first-order chi connectivity index (χ1) is 4.87. The first-order valence-corrected chi connectivity index (χ1v) is 2.63. The van der Waals surface area contributed by atoms with Crippen LogP contribution < -0.4 is 0 Å². The first-order valence-electron chi connectivity index (χ1n) is 2.63. The van der Waals surface area contributed by atoms with Crippen molar-refractivity contribution in [1.82, 2.24) is 0 Å². The van der Waals surface area contributed by atoms with Crippen molar-refractivity contribution in [2.45, 2.75) is 18.3 Å². The van der Waals surface area contributed by atoms with Gasteiger partial charge in [-0.05, 0) is 0 Å². The zero-order valence-electron chi connectivity index (χ0n) is 5.26. The molecule has 0 aromatic heterocycles. The number of halogens is 6. The van der Waals surface area contributed by atoms with Gasteiger partial charge in [-0.2, -0.15) is 17.6 Å². The summed E-state index contributed by atoms with van der Waals surface area (Å²) in [6.07, 6.45) is -1.68. The van der Waals surface area contributed by atoms with Gasteiger partial charge in [0.15, 0.2) is 0 Å². The van der Waals surface area contributed by atoms with Crippen molar-refractivity contribution in [1.29, 1.82) is 0 Å². The molecule has 1 radical (unpaired) electrons. The quantitative estimate of drug-likeness (QED) is 0.582. The van der Waals surface area contributed by atoms with Crippen LogP contribution in [0.25, 0.3) is 0 Å². The lowest BCUT2D eigenvalue weighted by molar-refractivity contribution is -0.202. The van der Waals surface area contributed by atoms with E-state index >= 15 is 0 Å². The molecule has 0 aliphatic heterocycles. The second-order valence-corrected chi connectivity index (χ2v) is 1.88. The predicted octanol–water partition coefficient (Wildman–Crippen LogP) is 2.75. The maximum atomic E-state index is 11.9. The van der Waals surface area contributed by atoms with Gasteiger partial charge in [0.1, 0.15) is 0 Å². The summed E-state index contributed by atoms with van der Waals surface area (Å²) < 4.78 is 69.7. The molecule has 0 N–H and O–H groups in total. The van der Waals surface area contributed by atoms with Gasteiger partial charge in [0.25, 0.3) is 0 Å². The lowest BCUT2D eigenvalue weighted by atomic mass is 10.1. The average molecular weight is 179 g/mol. The van der Waals surface area contributed by atoms with Gasteiger partial charge in [0.2, 0.25) is 6.67 Å². The molecule has 0 rings (SSSR count). The second-order valence-electron chi connectivity index (χ2n) is 1.88.